The van der Waals surface area contributed by atoms with Gasteiger partial charge in [-0.3, -0.25) is 24.6 Å². The van der Waals surface area contributed by atoms with Crippen LogP contribution in [0.2, 0.25) is 5.02 Å². The molecular weight excluding hydrogens is 584 g/mol. The Morgan fingerprint density at radius 2 is 1.68 bits per heavy atom. The predicted octanol–water partition coefficient (Wildman–Crippen LogP) is 4.51. The number of nitrogens with zero attached hydrogens (tertiary/aromatic N) is 1. The van der Waals surface area contributed by atoms with Gasteiger partial charge in [0.2, 0.25) is 17.7 Å². The van der Waals surface area contributed by atoms with Crippen LogP contribution >= 0.6 is 11.6 Å². The number of alkyl carbamates (subject to hydrolysis) is 1. The van der Waals surface area contributed by atoms with E-state index in [1.807, 2.05) is 68.1 Å². The second-order valence-corrected chi connectivity index (χ2v) is 13.4. The molecule has 10 nitrogen and oxygen atoms in total. The summed E-state index contributed by atoms with van der Waals surface area (Å²) in [5.74, 6) is -1.46. The summed E-state index contributed by atoms with van der Waals surface area (Å²) in [6.07, 6.45) is 1.02. The second-order valence-electron chi connectivity index (χ2n) is 13.0. The van der Waals surface area contributed by atoms with E-state index in [9.17, 15) is 19.2 Å². The van der Waals surface area contributed by atoms with Gasteiger partial charge in [-0.2, -0.15) is 0 Å². The first-order valence-electron chi connectivity index (χ1n) is 14.9. The minimum absolute atomic E-state index is 0.211. The summed E-state index contributed by atoms with van der Waals surface area (Å²) in [6, 6.07) is 13.2. The van der Waals surface area contributed by atoms with E-state index in [1.165, 1.54) is 0 Å². The topological polar surface area (TPSA) is 126 Å². The summed E-state index contributed by atoms with van der Waals surface area (Å²) in [7, 11) is 0. The number of imide groups is 1. The van der Waals surface area contributed by atoms with Crippen molar-refractivity contribution < 1.29 is 28.7 Å². The van der Waals surface area contributed by atoms with E-state index in [0.717, 1.165) is 23.1 Å². The van der Waals surface area contributed by atoms with Gasteiger partial charge in [-0.1, -0.05) is 48.0 Å². The Bertz CT molecular complexity index is 1310. The molecule has 0 bridgehead atoms. The van der Waals surface area contributed by atoms with Crippen molar-refractivity contribution in [2.24, 2.45) is 0 Å². The number of carbonyl (C=O) groups excluding carboxylic acids is 4. The highest BCUT2D eigenvalue weighted by Crippen LogP contribution is 2.24. The van der Waals surface area contributed by atoms with Gasteiger partial charge in [0.1, 0.15) is 18.2 Å². The maximum Gasteiger partial charge on any atom is 0.407 e. The molecule has 2 aromatic carbocycles. The molecule has 0 unspecified atom stereocenters. The monoisotopic (exact) mass is 628 g/mol. The van der Waals surface area contributed by atoms with Gasteiger partial charge in [-0.15, -0.1) is 0 Å². The molecule has 0 radical (unpaired) electrons. The van der Waals surface area contributed by atoms with Gasteiger partial charge >= 0.3 is 6.09 Å². The van der Waals surface area contributed by atoms with Crippen LogP contribution in [0.3, 0.4) is 0 Å². The van der Waals surface area contributed by atoms with Crippen LogP contribution in [0.5, 0.6) is 0 Å². The fraction of sp³-hybridized carbons (Fsp3) is 0.515. The highest BCUT2D eigenvalue weighted by Gasteiger charge is 2.34. The van der Waals surface area contributed by atoms with Crippen LogP contribution in [0.1, 0.15) is 71.1 Å². The Labute approximate surface area is 265 Å². The minimum atomic E-state index is -0.967. The van der Waals surface area contributed by atoms with Gasteiger partial charge in [-0.25, -0.2) is 4.79 Å². The molecule has 1 heterocycles. The van der Waals surface area contributed by atoms with Gasteiger partial charge < -0.3 is 20.1 Å². The maximum atomic E-state index is 13.4. The van der Waals surface area contributed by atoms with E-state index in [4.69, 9.17) is 21.1 Å². The van der Waals surface area contributed by atoms with Crippen molar-refractivity contribution in [2.75, 3.05) is 13.2 Å². The normalized spacial score (nSPS) is 16.2. The molecular formula is C33H45ClN4O6. The first-order valence-corrected chi connectivity index (χ1v) is 15.3. The summed E-state index contributed by atoms with van der Waals surface area (Å²) < 4.78 is 10.9. The lowest BCUT2D eigenvalue weighted by Gasteiger charge is -2.26. The summed E-state index contributed by atoms with van der Waals surface area (Å²) in [4.78, 5) is 53.7. The molecule has 3 N–H and O–H groups in total. The molecule has 240 valence electrons. The lowest BCUT2D eigenvalue weighted by atomic mass is 10.0. The van der Waals surface area contributed by atoms with E-state index in [1.54, 1.807) is 26.8 Å². The maximum absolute atomic E-state index is 13.4. The van der Waals surface area contributed by atoms with E-state index < -0.39 is 47.1 Å². The van der Waals surface area contributed by atoms with Crippen molar-refractivity contribution in [1.82, 2.24) is 20.9 Å². The quantitative estimate of drug-likeness (QED) is 0.334. The van der Waals surface area contributed by atoms with Crippen molar-refractivity contribution in [1.29, 1.82) is 0 Å². The summed E-state index contributed by atoms with van der Waals surface area (Å²) in [5, 5.41) is 8.59. The van der Waals surface area contributed by atoms with Crippen LogP contribution < -0.4 is 16.0 Å². The lowest BCUT2D eigenvalue weighted by Crippen LogP contribution is -2.53. The zero-order valence-electron chi connectivity index (χ0n) is 26.5. The minimum Gasteiger partial charge on any atom is -0.444 e. The van der Waals surface area contributed by atoms with Crippen LogP contribution in [0.25, 0.3) is 0 Å². The molecule has 1 saturated heterocycles. The SMILES string of the molecule is CC(C)(C)OCC(=O)N[C@H](Cc1ccccc1)C(=O)NC(=O)[C@@H]1CCCN1Cc1cc(Cl)ccc1CNC(=O)OC(C)(C)C. The summed E-state index contributed by atoms with van der Waals surface area (Å²) >= 11 is 6.31. The molecule has 4 amide bonds. The van der Waals surface area contributed by atoms with E-state index in [-0.39, 0.29) is 19.6 Å². The van der Waals surface area contributed by atoms with Crippen LogP contribution in [0.4, 0.5) is 4.79 Å². The Hall–Kier alpha value is -3.47. The van der Waals surface area contributed by atoms with Crippen LogP contribution in [0.15, 0.2) is 48.5 Å². The zero-order chi connectivity index (χ0) is 32.5. The third-order valence-electron chi connectivity index (χ3n) is 6.85. The highest BCUT2D eigenvalue weighted by molar-refractivity contribution is 6.30. The standard InChI is InChI=1S/C33H45ClN4O6/c1-32(2,3)43-21-28(39)36-26(17-22-11-8-7-9-12-22)29(40)37-30(41)27-13-10-16-38(27)20-24-18-25(34)15-14-23(24)19-35-31(42)44-33(4,5)6/h7-9,11-12,14-15,18,26-27H,10,13,16-17,19-21H2,1-6H3,(H,35,42)(H,36,39)(H,37,40,41)/t26-,27+/m1/s1. The number of benzene rings is 2. The zero-order valence-corrected chi connectivity index (χ0v) is 27.3. The average molecular weight is 629 g/mol. The molecule has 44 heavy (non-hydrogen) atoms. The van der Waals surface area contributed by atoms with Gasteiger partial charge in [0.25, 0.3) is 0 Å². The number of hydrogen-bond acceptors (Lipinski definition) is 7. The number of carbonyl (C=O) groups is 4. The second kappa shape index (κ2) is 15.5. The Kier molecular flexibility index (Phi) is 12.3. The van der Waals surface area contributed by atoms with Crippen LogP contribution in [-0.4, -0.2) is 65.2 Å². The first-order chi connectivity index (χ1) is 20.6. The molecule has 11 heteroatoms. The van der Waals surface area contributed by atoms with Crippen molar-refractivity contribution in [2.45, 2.75) is 97.2 Å². The molecule has 2 atom stereocenters. The molecule has 1 aliphatic rings. The predicted molar refractivity (Wildman–Crippen MR) is 169 cm³/mol. The number of amides is 4. The fourth-order valence-corrected chi connectivity index (χ4v) is 4.99. The van der Waals surface area contributed by atoms with Crippen molar-refractivity contribution in [3.05, 3.63) is 70.2 Å². The summed E-state index contributed by atoms with van der Waals surface area (Å²) in [6.45, 7) is 12.0. The number of rotatable bonds is 11. The summed E-state index contributed by atoms with van der Waals surface area (Å²) in [5.41, 5.74) is 1.39. The van der Waals surface area contributed by atoms with Gasteiger partial charge in [-0.05, 0) is 89.8 Å². The van der Waals surface area contributed by atoms with Crippen molar-refractivity contribution >= 4 is 35.4 Å². The van der Waals surface area contributed by atoms with E-state index in [0.29, 0.717) is 24.5 Å². The lowest BCUT2D eigenvalue weighted by molar-refractivity contribution is -0.138. The average Bonchev–Trinajstić information content (AvgIpc) is 3.38. The van der Waals surface area contributed by atoms with Crippen LogP contribution in [-0.2, 0) is 43.4 Å². The van der Waals surface area contributed by atoms with Gasteiger partial charge in [0, 0.05) is 24.5 Å². The molecule has 0 aliphatic carbocycles. The Morgan fingerprint density at radius 3 is 2.34 bits per heavy atom. The van der Waals surface area contributed by atoms with Crippen LogP contribution in [0, 0.1) is 0 Å². The number of hydrogen-bond donors (Lipinski definition) is 3. The number of halogens is 1. The Balaban J connectivity index is 1.68. The number of likely N-dealkylation sites (tertiary alicyclic amines) is 1. The molecule has 0 saturated carbocycles. The fourth-order valence-electron chi connectivity index (χ4n) is 4.80. The first kappa shape index (κ1) is 35.0. The van der Waals surface area contributed by atoms with Gasteiger partial charge in [0.05, 0.1) is 11.6 Å². The van der Waals surface area contributed by atoms with E-state index >= 15 is 0 Å². The smallest absolute Gasteiger partial charge is 0.407 e. The molecule has 2 aromatic rings. The molecule has 0 aromatic heterocycles. The van der Waals surface area contributed by atoms with Crippen molar-refractivity contribution in [3.8, 4) is 0 Å². The van der Waals surface area contributed by atoms with Crippen molar-refractivity contribution in [3.63, 3.8) is 0 Å². The largest absolute Gasteiger partial charge is 0.444 e. The molecule has 0 spiro atoms. The molecule has 1 aliphatic heterocycles. The van der Waals surface area contributed by atoms with E-state index in [2.05, 4.69) is 16.0 Å². The number of ether oxygens (including phenoxy) is 2. The third-order valence-corrected chi connectivity index (χ3v) is 7.08. The number of nitrogens with one attached hydrogen (secondary N) is 3. The Morgan fingerprint density at radius 1 is 0.977 bits per heavy atom. The molecule has 3 rings (SSSR count). The highest BCUT2D eigenvalue weighted by atomic mass is 35.5. The molecule has 1 fully saturated rings. The van der Waals surface area contributed by atoms with Gasteiger partial charge in [0.15, 0.2) is 0 Å². The third kappa shape index (κ3) is 11.9.